The minimum absolute atomic E-state index is 0.272. The number of ether oxygens (including phenoxy) is 2. The van der Waals surface area contributed by atoms with E-state index < -0.39 is 0 Å². The first kappa shape index (κ1) is 18.5. The van der Waals surface area contributed by atoms with Crippen LogP contribution in [0.3, 0.4) is 0 Å². The lowest BCUT2D eigenvalue weighted by molar-refractivity contribution is -0.0759. The molecule has 2 rings (SSSR count). The largest absolute Gasteiger partial charge is 0.465 e. The monoisotopic (exact) mass is 326 g/mol. The summed E-state index contributed by atoms with van der Waals surface area (Å²) in [6, 6.07) is 16.7. The zero-order valence-electron chi connectivity index (χ0n) is 15.6. The van der Waals surface area contributed by atoms with Crippen LogP contribution in [0.1, 0.15) is 50.8 Å². The van der Waals surface area contributed by atoms with Crippen molar-refractivity contribution in [3.8, 4) is 5.75 Å². The first-order valence-corrected chi connectivity index (χ1v) is 8.74. The van der Waals surface area contributed by atoms with Gasteiger partial charge >= 0.3 is 0 Å². The molecule has 0 radical (unpaired) electrons. The van der Waals surface area contributed by atoms with Crippen LogP contribution >= 0.6 is 0 Å². The minimum atomic E-state index is -0.272. The smallest absolute Gasteiger partial charge is 0.197 e. The molecule has 24 heavy (non-hydrogen) atoms. The predicted molar refractivity (Wildman–Crippen MR) is 100 cm³/mol. The van der Waals surface area contributed by atoms with Gasteiger partial charge in [0.15, 0.2) is 6.29 Å². The molecule has 0 spiro atoms. The molecule has 0 saturated carbocycles. The third-order valence-corrected chi connectivity index (χ3v) is 3.99. The van der Waals surface area contributed by atoms with Gasteiger partial charge in [0.2, 0.25) is 0 Å². The molecular weight excluding hydrogens is 296 g/mol. The Morgan fingerprint density at radius 3 is 2.04 bits per heavy atom. The Morgan fingerprint density at radius 1 is 0.875 bits per heavy atom. The van der Waals surface area contributed by atoms with Gasteiger partial charge in [0.25, 0.3) is 0 Å². The zero-order chi connectivity index (χ0) is 17.6. The number of hydrogen-bond donors (Lipinski definition) is 0. The summed E-state index contributed by atoms with van der Waals surface area (Å²) in [4.78, 5) is 0. The van der Waals surface area contributed by atoms with Crippen LogP contribution in [0.4, 0.5) is 0 Å². The van der Waals surface area contributed by atoms with Gasteiger partial charge in [0.05, 0.1) is 6.61 Å². The van der Waals surface area contributed by atoms with Crippen LogP contribution in [0.5, 0.6) is 5.75 Å². The molecule has 1 atom stereocenters. The maximum Gasteiger partial charge on any atom is 0.197 e. The first-order valence-electron chi connectivity index (χ1n) is 8.74. The third kappa shape index (κ3) is 6.76. The van der Waals surface area contributed by atoms with Crippen molar-refractivity contribution < 1.29 is 9.47 Å². The van der Waals surface area contributed by atoms with E-state index in [-0.39, 0.29) is 6.29 Å². The Balaban J connectivity index is 1.79. The highest BCUT2D eigenvalue weighted by Gasteiger charge is 2.10. The summed E-state index contributed by atoms with van der Waals surface area (Å²) >= 11 is 0. The Hall–Kier alpha value is -1.80. The summed E-state index contributed by atoms with van der Waals surface area (Å²) in [7, 11) is 0. The van der Waals surface area contributed by atoms with Gasteiger partial charge in [-0.1, -0.05) is 62.7 Å². The van der Waals surface area contributed by atoms with Crippen LogP contribution in [0.15, 0.2) is 48.5 Å². The second-order valence-electron chi connectivity index (χ2n) is 7.69. The van der Waals surface area contributed by atoms with E-state index in [0.29, 0.717) is 12.0 Å². The average molecular weight is 326 g/mol. The van der Waals surface area contributed by atoms with Crippen molar-refractivity contribution in [1.82, 2.24) is 0 Å². The van der Waals surface area contributed by atoms with Crippen LogP contribution in [0.25, 0.3) is 0 Å². The SMILES string of the molecule is Cc1ccc(COC(C)Oc2ccc(CCC(C)(C)C)cc2)cc1. The standard InChI is InChI=1S/C22H30O2/c1-17-6-8-20(9-7-17)16-23-18(2)24-21-12-10-19(11-13-21)14-15-22(3,4)5/h6-13,18H,14-16H2,1-5H3. The molecule has 0 aliphatic carbocycles. The predicted octanol–water partition coefficient (Wildman–Crippen LogP) is 5.92. The summed E-state index contributed by atoms with van der Waals surface area (Å²) < 4.78 is 11.6. The quantitative estimate of drug-likeness (QED) is 0.588. The van der Waals surface area contributed by atoms with Crippen LogP contribution in [0, 0.1) is 12.3 Å². The van der Waals surface area contributed by atoms with E-state index in [9.17, 15) is 0 Å². The average Bonchev–Trinajstić information content (AvgIpc) is 2.53. The van der Waals surface area contributed by atoms with Gasteiger partial charge in [-0.05, 0) is 55.4 Å². The molecule has 2 heteroatoms. The first-order chi connectivity index (χ1) is 11.3. The fourth-order valence-electron chi connectivity index (χ4n) is 2.38. The van der Waals surface area contributed by atoms with Gasteiger partial charge in [0, 0.05) is 0 Å². The van der Waals surface area contributed by atoms with Gasteiger partial charge in [-0.15, -0.1) is 0 Å². The van der Waals surface area contributed by atoms with E-state index in [1.54, 1.807) is 0 Å². The third-order valence-electron chi connectivity index (χ3n) is 3.99. The topological polar surface area (TPSA) is 18.5 Å². The summed E-state index contributed by atoms with van der Waals surface area (Å²) in [5.74, 6) is 0.853. The highest BCUT2D eigenvalue weighted by molar-refractivity contribution is 5.27. The summed E-state index contributed by atoms with van der Waals surface area (Å²) in [5.41, 5.74) is 4.14. The molecule has 0 aliphatic heterocycles. The highest BCUT2D eigenvalue weighted by atomic mass is 16.7. The molecule has 0 aromatic heterocycles. The number of hydrogen-bond acceptors (Lipinski definition) is 2. The molecular formula is C22H30O2. The molecule has 2 aromatic rings. The molecule has 0 aliphatic rings. The Bertz CT molecular complexity index is 606. The number of benzene rings is 2. The zero-order valence-corrected chi connectivity index (χ0v) is 15.6. The summed E-state index contributed by atoms with van der Waals surface area (Å²) in [6.45, 7) is 11.4. The van der Waals surface area contributed by atoms with E-state index in [1.807, 2.05) is 19.1 Å². The van der Waals surface area contributed by atoms with E-state index >= 15 is 0 Å². The number of aryl methyl sites for hydroxylation is 2. The maximum atomic E-state index is 5.84. The van der Waals surface area contributed by atoms with E-state index in [2.05, 4.69) is 64.1 Å². The fraction of sp³-hybridized carbons (Fsp3) is 0.455. The Labute approximate surface area is 146 Å². The maximum absolute atomic E-state index is 5.84. The van der Waals surface area contributed by atoms with E-state index in [0.717, 1.165) is 17.7 Å². The van der Waals surface area contributed by atoms with Crippen molar-refractivity contribution in [1.29, 1.82) is 0 Å². The molecule has 0 saturated heterocycles. The minimum Gasteiger partial charge on any atom is -0.465 e. The summed E-state index contributed by atoms with van der Waals surface area (Å²) in [5, 5.41) is 0. The van der Waals surface area contributed by atoms with Crippen LogP contribution in [-0.4, -0.2) is 6.29 Å². The molecule has 0 fully saturated rings. The normalized spacial score (nSPS) is 12.9. The molecule has 0 amide bonds. The van der Waals surface area contributed by atoms with Crippen molar-refractivity contribution in [2.75, 3.05) is 0 Å². The lowest BCUT2D eigenvalue weighted by Gasteiger charge is -2.18. The van der Waals surface area contributed by atoms with Crippen molar-refractivity contribution >= 4 is 0 Å². The number of rotatable bonds is 7. The van der Waals surface area contributed by atoms with Crippen molar-refractivity contribution in [3.63, 3.8) is 0 Å². The van der Waals surface area contributed by atoms with Gasteiger partial charge in [-0.25, -0.2) is 0 Å². The van der Waals surface area contributed by atoms with Gasteiger partial charge in [-0.3, -0.25) is 0 Å². The van der Waals surface area contributed by atoms with Crippen molar-refractivity contribution in [3.05, 3.63) is 65.2 Å². The van der Waals surface area contributed by atoms with Gasteiger partial charge < -0.3 is 9.47 Å². The molecule has 2 nitrogen and oxygen atoms in total. The lowest BCUT2D eigenvalue weighted by Crippen LogP contribution is -2.16. The molecule has 1 unspecified atom stereocenters. The Kier molecular flexibility index (Phi) is 6.44. The van der Waals surface area contributed by atoms with E-state index in [4.69, 9.17) is 9.47 Å². The van der Waals surface area contributed by atoms with Crippen LogP contribution in [-0.2, 0) is 17.8 Å². The van der Waals surface area contributed by atoms with Crippen molar-refractivity contribution in [2.24, 2.45) is 5.41 Å². The second kappa shape index (κ2) is 8.34. The molecule has 0 heterocycles. The molecule has 0 bridgehead atoms. The van der Waals surface area contributed by atoms with Gasteiger partial charge in [0.1, 0.15) is 5.75 Å². The molecule has 130 valence electrons. The summed E-state index contributed by atoms with van der Waals surface area (Å²) in [6.07, 6.45) is 2.01. The molecule has 2 aromatic carbocycles. The van der Waals surface area contributed by atoms with Crippen LogP contribution in [0.2, 0.25) is 0 Å². The van der Waals surface area contributed by atoms with Gasteiger partial charge in [-0.2, -0.15) is 0 Å². The van der Waals surface area contributed by atoms with Crippen molar-refractivity contribution in [2.45, 2.75) is 60.4 Å². The Morgan fingerprint density at radius 2 is 1.46 bits per heavy atom. The van der Waals surface area contributed by atoms with Crippen LogP contribution < -0.4 is 4.74 Å². The van der Waals surface area contributed by atoms with E-state index in [1.165, 1.54) is 17.5 Å². The lowest BCUT2D eigenvalue weighted by atomic mass is 9.89. The second-order valence-corrected chi connectivity index (χ2v) is 7.69. The highest BCUT2D eigenvalue weighted by Crippen LogP contribution is 2.23. The molecule has 0 N–H and O–H groups in total. The fourth-order valence-corrected chi connectivity index (χ4v) is 2.38.